The first-order valence-electron chi connectivity index (χ1n) is 8.84. The summed E-state index contributed by atoms with van der Waals surface area (Å²) in [6, 6.07) is 7.64. The van der Waals surface area contributed by atoms with Crippen LogP contribution in [0.3, 0.4) is 0 Å². The van der Waals surface area contributed by atoms with Crippen molar-refractivity contribution in [1.29, 1.82) is 0 Å². The van der Waals surface area contributed by atoms with E-state index in [4.69, 9.17) is 20.8 Å². The van der Waals surface area contributed by atoms with Gasteiger partial charge in [0.05, 0.1) is 17.0 Å². The maximum Gasteiger partial charge on any atom is 0.263 e. The number of alkyl halides is 1. The van der Waals surface area contributed by atoms with Crippen LogP contribution in [0, 0.1) is 5.82 Å². The standard InChI is InChI=1S/C19H17ClF2N2O4S/c20-14-2-1-12(21)8-18(14)29(25,26)24-13-7-11-4-6-27-19(11)17(9-13)28-16-3-5-23-10-15(16)22/h1-2,4,6-9,15-16,23-24H,3,5,10H2. The molecule has 1 aliphatic heterocycles. The van der Waals surface area contributed by atoms with E-state index in [0.717, 1.165) is 18.2 Å². The molecule has 2 aromatic carbocycles. The number of benzene rings is 2. The van der Waals surface area contributed by atoms with E-state index in [1.165, 1.54) is 18.4 Å². The van der Waals surface area contributed by atoms with Crippen LogP contribution in [0.2, 0.25) is 5.02 Å². The highest BCUT2D eigenvalue weighted by atomic mass is 35.5. The number of rotatable bonds is 5. The first-order valence-corrected chi connectivity index (χ1v) is 10.7. The van der Waals surface area contributed by atoms with Crippen molar-refractivity contribution in [3.8, 4) is 5.75 Å². The van der Waals surface area contributed by atoms with Crippen LogP contribution in [0.25, 0.3) is 11.0 Å². The Balaban J connectivity index is 1.68. The van der Waals surface area contributed by atoms with Crippen LogP contribution >= 0.6 is 11.6 Å². The van der Waals surface area contributed by atoms with Gasteiger partial charge in [0.15, 0.2) is 11.3 Å². The Kier molecular flexibility index (Phi) is 5.37. The Bertz CT molecular complexity index is 1150. The van der Waals surface area contributed by atoms with Crippen LogP contribution in [-0.4, -0.2) is 33.8 Å². The Hall–Kier alpha value is -2.36. The number of fused-ring (bicyclic) bond motifs is 1. The highest BCUT2D eigenvalue weighted by molar-refractivity contribution is 7.92. The molecule has 3 aromatic rings. The van der Waals surface area contributed by atoms with Crippen molar-refractivity contribution in [2.24, 2.45) is 0 Å². The lowest BCUT2D eigenvalue weighted by Crippen LogP contribution is -2.44. The summed E-state index contributed by atoms with van der Waals surface area (Å²) in [5.74, 6) is -0.519. The summed E-state index contributed by atoms with van der Waals surface area (Å²) in [5, 5.41) is 3.39. The van der Waals surface area contributed by atoms with Crippen LogP contribution in [0.5, 0.6) is 5.75 Å². The zero-order valence-electron chi connectivity index (χ0n) is 15.0. The second-order valence-electron chi connectivity index (χ2n) is 6.66. The minimum atomic E-state index is -4.17. The minimum absolute atomic E-state index is 0.116. The Morgan fingerprint density at radius 1 is 1.24 bits per heavy atom. The average molecular weight is 443 g/mol. The third kappa shape index (κ3) is 4.17. The summed E-state index contributed by atoms with van der Waals surface area (Å²) >= 11 is 5.93. The van der Waals surface area contributed by atoms with Gasteiger partial charge in [-0.15, -0.1) is 0 Å². The van der Waals surface area contributed by atoms with Gasteiger partial charge in [0.25, 0.3) is 10.0 Å². The summed E-state index contributed by atoms with van der Waals surface area (Å²) < 4.78 is 66.7. The Labute approximate surface area is 170 Å². The SMILES string of the molecule is O=S(=O)(Nc1cc(OC2CCNCC2F)c2occc2c1)c1cc(F)ccc1Cl. The van der Waals surface area contributed by atoms with E-state index >= 15 is 0 Å². The third-order valence-corrected chi connectivity index (χ3v) is 6.44. The highest BCUT2D eigenvalue weighted by Gasteiger charge is 2.28. The van der Waals surface area contributed by atoms with E-state index in [2.05, 4.69) is 10.0 Å². The van der Waals surface area contributed by atoms with Crippen molar-refractivity contribution >= 4 is 38.3 Å². The van der Waals surface area contributed by atoms with Crippen molar-refractivity contribution in [2.45, 2.75) is 23.6 Å². The number of ether oxygens (including phenoxy) is 1. The van der Waals surface area contributed by atoms with Gasteiger partial charge in [0.1, 0.15) is 23.0 Å². The van der Waals surface area contributed by atoms with E-state index in [-0.39, 0.29) is 23.0 Å². The van der Waals surface area contributed by atoms with Crippen LogP contribution in [0.1, 0.15) is 6.42 Å². The Morgan fingerprint density at radius 2 is 2.07 bits per heavy atom. The summed E-state index contributed by atoms with van der Waals surface area (Å²) in [5.41, 5.74) is 0.529. The van der Waals surface area contributed by atoms with Gasteiger partial charge < -0.3 is 14.5 Å². The molecule has 2 unspecified atom stereocenters. The fraction of sp³-hybridized carbons (Fsp3) is 0.263. The fourth-order valence-electron chi connectivity index (χ4n) is 3.18. The lowest BCUT2D eigenvalue weighted by molar-refractivity contribution is 0.0736. The number of hydrogen-bond donors (Lipinski definition) is 2. The molecule has 0 amide bonds. The summed E-state index contributed by atoms with van der Waals surface area (Å²) in [6.45, 7) is 0.785. The molecular formula is C19H17ClF2N2O4S. The van der Waals surface area contributed by atoms with Crippen LogP contribution in [0.4, 0.5) is 14.5 Å². The van der Waals surface area contributed by atoms with Crippen molar-refractivity contribution in [3.05, 3.63) is 53.5 Å². The first-order chi connectivity index (χ1) is 13.8. The fourth-order valence-corrected chi connectivity index (χ4v) is 4.73. The maximum atomic E-state index is 14.2. The molecule has 1 aromatic heterocycles. The Morgan fingerprint density at radius 3 is 2.86 bits per heavy atom. The highest BCUT2D eigenvalue weighted by Crippen LogP contribution is 2.34. The molecule has 0 bridgehead atoms. The summed E-state index contributed by atoms with van der Waals surface area (Å²) in [4.78, 5) is -0.392. The zero-order chi connectivity index (χ0) is 20.6. The minimum Gasteiger partial charge on any atom is -0.483 e. The van der Waals surface area contributed by atoms with Gasteiger partial charge in [-0.25, -0.2) is 17.2 Å². The lowest BCUT2D eigenvalue weighted by atomic mass is 10.1. The topological polar surface area (TPSA) is 80.6 Å². The molecule has 4 rings (SSSR count). The van der Waals surface area contributed by atoms with Gasteiger partial charge in [-0.2, -0.15) is 0 Å². The molecule has 0 spiro atoms. The molecule has 6 nitrogen and oxygen atoms in total. The van der Waals surface area contributed by atoms with E-state index in [1.807, 2.05) is 0 Å². The molecule has 0 radical (unpaired) electrons. The number of halogens is 3. The molecular weight excluding hydrogens is 426 g/mol. The molecule has 10 heteroatoms. The first kappa shape index (κ1) is 19.9. The number of furan rings is 1. The molecule has 0 aliphatic carbocycles. The van der Waals surface area contributed by atoms with E-state index < -0.39 is 33.0 Å². The maximum absolute atomic E-state index is 14.2. The molecule has 2 N–H and O–H groups in total. The molecule has 29 heavy (non-hydrogen) atoms. The average Bonchev–Trinajstić information content (AvgIpc) is 3.14. The van der Waals surface area contributed by atoms with Gasteiger partial charge in [0.2, 0.25) is 0 Å². The second kappa shape index (κ2) is 7.81. The second-order valence-corrected chi connectivity index (χ2v) is 8.72. The number of anilines is 1. The molecule has 154 valence electrons. The van der Waals surface area contributed by atoms with Crippen molar-refractivity contribution in [3.63, 3.8) is 0 Å². The predicted octanol–water partition coefficient (Wildman–Crippen LogP) is 4.10. The van der Waals surface area contributed by atoms with Crippen LogP contribution < -0.4 is 14.8 Å². The molecule has 1 fully saturated rings. The van der Waals surface area contributed by atoms with E-state index in [9.17, 15) is 17.2 Å². The van der Waals surface area contributed by atoms with Gasteiger partial charge in [-0.1, -0.05) is 11.6 Å². The van der Waals surface area contributed by atoms with Gasteiger partial charge in [0, 0.05) is 18.0 Å². The van der Waals surface area contributed by atoms with Crippen molar-refractivity contribution < 1.29 is 26.4 Å². The van der Waals surface area contributed by atoms with E-state index in [1.54, 1.807) is 6.07 Å². The number of hydrogen-bond acceptors (Lipinski definition) is 5. The summed E-state index contributed by atoms with van der Waals surface area (Å²) in [6.07, 6.45) is -0.0124. The van der Waals surface area contributed by atoms with Gasteiger partial charge in [-0.05, 0) is 43.3 Å². The quantitative estimate of drug-likeness (QED) is 0.621. The predicted molar refractivity (Wildman–Crippen MR) is 105 cm³/mol. The molecule has 1 saturated heterocycles. The van der Waals surface area contributed by atoms with Crippen molar-refractivity contribution in [2.75, 3.05) is 17.8 Å². The van der Waals surface area contributed by atoms with Crippen LogP contribution in [0.15, 0.2) is 52.0 Å². The zero-order valence-corrected chi connectivity index (χ0v) is 16.6. The molecule has 2 atom stereocenters. The monoisotopic (exact) mass is 442 g/mol. The van der Waals surface area contributed by atoms with Gasteiger partial charge >= 0.3 is 0 Å². The number of nitrogens with one attached hydrogen (secondary N) is 2. The smallest absolute Gasteiger partial charge is 0.263 e. The van der Waals surface area contributed by atoms with Crippen molar-refractivity contribution in [1.82, 2.24) is 5.32 Å². The third-order valence-electron chi connectivity index (χ3n) is 4.58. The normalized spacial score (nSPS) is 20.0. The molecule has 1 aliphatic rings. The largest absolute Gasteiger partial charge is 0.483 e. The van der Waals surface area contributed by atoms with Crippen LogP contribution in [-0.2, 0) is 10.0 Å². The number of piperidine rings is 1. The summed E-state index contributed by atoms with van der Waals surface area (Å²) in [7, 11) is -4.17. The van der Waals surface area contributed by atoms with E-state index in [0.29, 0.717) is 23.9 Å². The number of sulfonamides is 1. The molecule has 2 heterocycles. The van der Waals surface area contributed by atoms with Gasteiger partial charge in [-0.3, -0.25) is 4.72 Å². The lowest BCUT2D eigenvalue weighted by Gasteiger charge is -2.27. The molecule has 0 saturated carbocycles.